The molecule has 0 fully saturated rings. The fourth-order valence-electron chi connectivity index (χ4n) is 2.18. The maximum absolute atomic E-state index is 5.23. The first-order chi connectivity index (χ1) is 7.50. The summed E-state index contributed by atoms with van der Waals surface area (Å²) >= 11 is 6.89. The Morgan fingerprint density at radius 3 is 2.38 bits per heavy atom. The van der Waals surface area contributed by atoms with Crippen molar-refractivity contribution in [2.45, 2.75) is 39.5 Å². The molecule has 1 nitrogen and oxygen atoms in total. The molecule has 2 aromatic rings. The first-order valence-electron chi connectivity index (χ1n) is 5.66. The Kier molecular flexibility index (Phi) is 3.17. The second kappa shape index (κ2) is 4.30. The summed E-state index contributed by atoms with van der Waals surface area (Å²) in [6.45, 7) is 8.98. The van der Waals surface area contributed by atoms with Gasteiger partial charge >= 0.3 is 0 Å². The van der Waals surface area contributed by atoms with Crippen LogP contribution in [0.2, 0.25) is 0 Å². The van der Waals surface area contributed by atoms with Crippen LogP contribution >= 0.6 is 23.6 Å². The maximum atomic E-state index is 5.23. The van der Waals surface area contributed by atoms with Crippen molar-refractivity contribution in [1.29, 1.82) is 0 Å². The number of hydrogen-bond donors (Lipinski definition) is 1. The summed E-state index contributed by atoms with van der Waals surface area (Å²) in [5, 5.41) is 0. The van der Waals surface area contributed by atoms with Gasteiger partial charge < -0.3 is 4.98 Å². The van der Waals surface area contributed by atoms with Crippen LogP contribution in [-0.2, 0) is 0 Å². The first-order valence-corrected chi connectivity index (χ1v) is 6.88. The Morgan fingerprint density at radius 1 is 1.12 bits per heavy atom. The number of aromatic amines is 1. The molecular formula is C13H17NS2. The molecule has 16 heavy (non-hydrogen) atoms. The van der Waals surface area contributed by atoms with Crippen LogP contribution in [0.4, 0.5) is 0 Å². The minimum atomic E-state index is 0.529. The molecular weight excluding hydrogens is 234 g/mol. The lowest BCUT2D eigenvalue weighted by Crippen LogP contribution is -1.99. The molecule has 0 aliphatic rings. The van der Waals surface area contributed by atoms with E-state index in [1.54, 1.807) is 11.3 Å². The van der Waals surface area contributed by atoms with Crippen LogP contribution < -0.4 is 0 Å². The van der Waals surface area contributed by atoms with Gasteiger partial charge in [0.05, 0.1) is 10.2 Å². The highest BCUT2D eigenvalue weighted by Crippen LogP contribution is 2.34. The summed E-state index contributed by atoms with van der Waals surface area (Å²) in [7, 11) is 0. The van der Waals surface area contributed by atoms with Crippen LogP contribution in [0.5, 0.6) is 0 Å². The van der Waals surface area contributed by atoms with Crippen LogP contribution in [0, 0.1) is 3.95 Å². The lowest BCUT2D eigenvalue weighted by atomic mass is 9.90. The summed E-state index contributed by atoms with van der Waals surface area (Å²) in [5.41, 5.74) is 4.11. The summed E-state index contributed by atoms with van der Waals surface area (Å²) in [6, 6.07) is 4.44. The summed E-state index contributed by atoms with van der Waals surface area (Å²) in [4.78, 5) is 3.34. The van der Waals surface area contributed by atoms with E-state index in [0.29, 0.717) is 11.8 Å². The lowest BCUT2D eigenvalue weighted by Gasteiger charge is -2.16. The fourth-order valence-corrected chi connectivity index (χ4v) is 3.31. The number of rotatable bonds is 2. The van der Waals surface area contributed by atoms with E-state index in [1.807, 2.05) is 0 Å². The zero-order valence-electron chi connectivity index (χ0n) is 10.1. The monoisotopic (exact) mass is 251 g/mol. The van der Waals surface area contributed by atoms with E-state index in [-0.39, 0.29) is 0 Å². The molecule has 0 saturated heterocycles. The van der Waals surface area contributed by atoms with Gasteiger partial charge in [-0.2, -0.15) is 0 Å². The molecule has 1 aromatic carbocycles. The minimum Gasteiger partial charge on any atom is -0.337 e. The van der Waals surface area contributed by atoms with Crippen LogP contribution in [-0.4, -0.2) is 4.98 Å². The molecule has 0 spiro atoms. The Bertz CT molecular complexity index is 561. The highest BCUT2D eigenvalue weighted by atomic mass is 32.1. The van der Waals surface area contributed by atoms with Crippen molar-refractivity contribution in [3.05, 3.63) is 27.2 Å². The van der Waals surface area contributed by atoms with E-state index >= 15 is 0 Å². The fraction of sp³-hybridized carbons (Fsp3) is 0.462. The molecule has 0 radical (unpaired) electrons. The van der Waals surface area contributed by atoms with Crippen molar-refractivity contribution in [2.75, 3.05) is 0 Å². The van der Waals surface area contributed by atoms with E-state index in [1.165, 1.54) is 21.3 Å². The van der Waals surface area contributed by atoms with Gasteiger partial charge in [0, 0.05) is 0 Å². The minimum absolute atomic E-state index is 0.529. The number of thiazole rings is 1. The van der Waals surface area contributed by atoms with Crippen LogP contribution in [0.15, 0.2) is 12.1 Å². The van der Waals surface area contributed by atoms with Crippen molar-refractivity contribution in [3.63, 3.8) is 0 Å². The molecule has 0 aliphatic carbocycles. The molecule has 1 heterocycles. The molecule has 0 aliphatic heterocycles. The van der Waals surface area contributed by atoms with Gasteiger partial charge in [-0.1, -0.05) is 33.8 Å². The first kappa shape index (κ1) is 11.8. The van der Waals surface area contributed by atoms with E-state index in [2.05, 4.69) is 44.8 Å². The lowest BCUT2D eigenvalue weighted by molar-refractivity contribution is 0.796. The molecule has 0 bridgehead atoms. The Balaban J connectivity index is 2.83. The van der Waals surface area contributed by atoms with Crippen molar-refractivity contribution in [3.8, 4) is 0 Å². The largest absolute Gasteiger partial charge is 0.337 e. The number of aromatic nitrogens is 1. The topological polar surface area (TPSA) is 15.8 Å². The molecule has 0 amide bonds. The maximum Gasteiger partial charge on any atom is 0.159 e. The Hall–Kier alpha value is -0.670. The second-order valence-electron chi connectivity index (χ2n) is 4.77. The average Bonchev–Trinajstić information content (AvgIpc) is 2.55. The van der Waals surface area contributed by atoms with Crippen LogP contribution in [0.25, 0.3) is 10.2 Å². The van der Waals surface area contributed by atoms with Crippen LogP contribution in [0.1, 0.15) is 50.7 Å². The number of fused-ring (bicyclic) bond motifs is 1. The quantitative estimate of drug-likeness (QED) is 0.725. The summed E-state index contributed by atoms with van der Waals surface area (Å²) in [6.07, 6.45) is 0. The highest BCUT2D eigenvalue weighted by Gasteiger charge is 2.14. The van der Waals surface area contributed by atoms with Gasteiger partial charge in [-0.25, -0.2) is 0 Å². The molecule has 2 rings (SSSR count). The number of H-pyrrole nitrogens is 1. The van der Waals surface area contributed by atoms with Gasteiger partial charge in [0.25, 0.3) is 0 Å². The average molecular weight is 251 g/mol. The SMILES string of the molecule is CC(C)c1ccc2sc(=S)[nH]c2c1C(C)C. The number of benzene rings is 1. The molecule has 1 aromatic heterocycles. The van der Waals surface area contributed by atoms with Crippen molar-refractivity contribution in [2.24, 2.45) is 0 Å². The van der Waals surface area contributed by atoms with Gasteiger partial charge in [-0.05, 0) is 41.2 Å². The standard InChI is InChI=1S/C13H17NS2/c1-7(2)9-5-6-10-12(11(9)8(3)4)14-13(15)16-10/h5-8H,1-4H3,(H,14,15). The van der Waals surface area contributed by atoms with E-state index in [9.17, 15) is 0 Å². The third-order valence-corrected chi connectivity index (χ3v) is 4.07. The predicted molar refractivity (Wildman–Crippen MR) is 75.2 cm³/mol. The number of hydrogen-bond acceptors (Lipinski definition) is 2. The van der Waals surface area contributed by atoms with E-state index in [0.717, 1.165) is 3.95 Å². The van der Waals surface area contributed by atoms with Crippen molar-refractivity contribution in [1.82, 2.24) is 4.98 Å². The highest BCUT2D eigenvalue weighted by molar-refractivity contribution is 7.73. The second-order valence-corrected chi connectivity index (χ2v) is 6.48. The smallest absolute Gasteiger partial charge is 0.159 e. The van der Waals surface area contributed by atoms with Crippen LogP contribution in [0.3, 0.4) is 0 Å². The van der Waals surface area contributed by atoms with Gasteiger partial charge in [0.2, 0.25) is 0 Å². The Labute approximate surface area is 106 Å². The van der Waals surface area contributed by atoms with Gasteiger partial charge in [0.15, 0.2) is 3.95 Å². The third kappa shape index (κ3) is 1.94. The van der Waals surface area contributed by atoms with E-state index < -0.39 is 0 Å². The summed E-state index contributed by atoms with van der Waals surface area (Å²) in [5.74, 6) is 1.09. The predicted octanol–water partition coefficient (Wildman–Crippen LogP) is 5.21. The van der Waals surface area contributed by atoms with Crippen molar-refractivity contribution >= 4 is 33.8 Å². The van der Waals surface area contributed by atoms with Gasteiger partial charge in [-0.15, -0.1) is 11.3 Å². The van der Waals surface area contributed by atoms with Crippen molar-refractivity contribution < 1.29 is 0 Å². The summed E-state index contributed by atoms with van der Waals surface area (Å²) < 4.78 is 2.15. The normalized spacial score (nSPS) is 11.9. The third-order valence-electron chi connectivity index (χ3n) is 2.87. The van der Waals surface area contributed by atoms with Gasteiger partial charge in [0.1, 0.15) is 0 Å². The molecule has 0 unspecified atom stereocenters. The van der Waals surface area contributed by atoms with E-state index in [4.69, 9.17) is 12.2 Å². The number of nitrogens with one attached hydrogen (secondary N) is 1. The Morgan fingerprint density at radius 2 is 1.81 bits per heavy atom. The molecule has 0 atom stereocenters. The molecule has 3 heteroatoms. The molecule has 86 valence electrons. The molecule has 1 N–H and O–H groups in total. The zero-order chi connectivity index (χ0) is 11.9. The molecule has 0 saturated carbocycles. The van der Waals surface area contributed by atoms with Gasteiger partial charge in [-0.3, -0.25) is 0 Å². The zero-order valence-corrected chi connectivity index (χ0v) is 11.8.